The zero-order valence-corrected chi connectivity index (χ0v) is 13.7. The second-order valence-corrected chi connectivity index (χ2v) is 5.72. The molecule has 0 aliphatic heterocycles. The van der Waals surface area contributed by atoms with Crippen LogP contribution in [0, 0.1) is 11.6 Å². The van der Waals surface area contributed by atoms with Crippen molar-refractivity contribution in [3.8, 4) is 11.5 Å². The number of ether oxygens (including phenoxy) is 2. The average Bonchev–Trinajstić information content (AvgIpc) is 2.54. The molecule has 0 fully saturated rings. The van der Waals surface area contributed by atoms with Gasteiger partial charge in [-0.05, 0) is 55.8 Å². The largest absolute Gasteiger partial charge is 0.494 e. The van der Waals surface area contributed by atoms with E-state index in [2.05, 4.69) is 5.32 Å². The van der Waals surface area contributed by atoms with Crippen LogP contribution in [0.25, 0.3) is 0 Å². The molecule has 0 bridgehead atoms. The number of rotatable bonds is 6. The molecule has 0 saturated heterocycles. The van der Waals surface area contributed by atoms with Gasteiger partial charge in [0.2, 0.25) is 0 Å². The van der Waals surface area contributed by atoms with Gasteiger partial charge in [-0.1, -0.05) is 6.07 Å². The monoisotopic (exact) mass is 335 g/mol. The van der Waals surface area contributed by atoms with Gasteiger partial charge >= 0.3 is 0 Å². The van der Waals surface area contributed by atoms with Crippen molar-refractivity contribution in [1.29, 1.82) is 0 Å². The second-order valence-electron chi connectivity index (χ2n) is 5.72. The second kappa shape index (κ2) is 7.29. The number of carbonyl (C=O) groups excluding carboxylic acids is 1. The molecule has 1 N–H and O–H groups in total. The quantitative estimate of drug-likeness (QED) is 0.880. The first-order valence-corrected chi connectivity index (χ1v) is 7.37. The predicted molar refractivity (Wildman–Crippen MR) is 85.9 cm³/mol. The number of halogens is 2. The molecule has 2 aromatic rings. The maximum Gasteiger partial charge on any atom is 0.263 e. The van der Waals surface area contributed by atoms with Crippen LogP contribution in [0.3, 0.4) is 0 Å². The summed E-state index contributed by atoms with van der Waals surface area (Å²) in [6.07, 6.45) is 0. The van der Waals surface area contributed by atoms with Crippen LogP contribution in [0.2, 0.25) is 0 Å². The lowest BCUT2D eigenvalue weighted by Gasteiger charge is -2.25. The highest BCUT2D eigenvalue weighted by molar-refractivity contribution is 5.84. The van der Waals surface area contributed by atoms with Crippen LogP contribution < -0.4 is 14.8 Å². The summed E-state index contributed by atoms with van der Waals surface area (Å²) in [5, 5.41) is 2.69. The van der Waals surface area contributed by atoms with Gasteiger partial charge in [-0.25, -0.2) is 8.78 Å². The van der Waals surface area contributed by atoms with E-state index in [1.54, 1.807) is 19.9 Å². The Morgan fingerprint density at radius 3 is 2.38 bits per heavy atom. The Bertz CT molecular complexity index is 715. The minimum absolute atomic E-state index is 0.144. The number of nitrogens with one attached hydrogen (secondary N) is 1. The van der Waals surface area contributed by atoms with E-state index < -0.39 is 11.4 Å². The number of hydrogen-bond acceptors (Lipinski definition) is 3. The zero-order valence-electron chi connectivity index (χ0n) is 13.7. The standard InChI is InChI=1S/C18H19F2NO3/c1-18(2,24-14-7-5-13(19)6-8-14)17(22)21-11-12-4-9-16(23-3)15(20)10-12/h4-10H,11H2,1-3H3,(H,21,22). The van der Waals surface area contributed by atoms with Gasteiger partial charge in [0.25, 0.3) is 5.91 Å². The highest BCUT2D eigenvalue weighted by Gasteiger charge is 2.29. The number of carbonyl (C=O) groups is 1. The molecule has 24 heavy (non-hydrogen) atoms. The number of benzene rings is 2. The van der Waals surface area contributed by atoms with Crippen molar-refractivity contribution < 1.29 is 23.0 Å². The Labute approximate surface area is 139 Å². The van der Waals surface area contributed by atoms with Crippen molar-refractivity contribution in [3.63, 3.8) is 0 Å². The third-order valence-electron chi connectivity index (χ3n) is 3.40. The molecule has 2 rings (SSSR count). The Balaban J connectivity index is 1.97. The Hall–Kier alpha value is -2.63. The van der Waals surface area contributed by atoms with Crippen molar-refractivity contribution in [3.05, 3.63) is 59.7 Å². The number of methoxy groups -OCH3 is 1. The van der Waals surface area contributed by atoms with Crippen LogP contribution >= 0.6 is 0 Å². The van der Waals surface area contributed by atoms with E-state index in [-0.39, 0.29) is 24.0 Å². The summed E-state index contributed by atoms with van der Waals surface area (Å²) in [6.45, 7) is 3.34. The first kappa shape index (κ1) is 17.7. The molecule has 0 spiro atoms. The van der Waals surface area contributed by atoms with Gasteiger partial charge in [-0.2, -0.15) is 0 Å². The van der Waals surface area contributed by atoms with Crippen molar-refractivity contribution in [2.24, 2.45) is 0 Å². The Morgan fingerprint density at radius 2 is 1.79 bits per heavy atom. The van der Waals surface area contributed by atoms with Gasteiger partial charge in [-0.15, -0.1) is 0 Å². The smallest absolute Gasteiger partial charge is 0.263 e. The van der Waals surface area contributed by atoms with Crippen LogP contribution in [-0.4, -0.2) is 18.6 Å². The van der Waals surface area contributed by atoms with E-state index in [0.717, 1.165) is 0 Å². The third kappa shape index (κ3) is 4.44. The van der Waals surface area contributed by atoms with E-state index in [1.165, 1.54) is 43.5 Å². The fourth-order valence-corrected chi connectivity index (χ4v) is 2.06. The molecule has 0 aromatic heterocycles. The fourth-order valence-electron chi connectivity index (χ4n) is 2.06. The van der Waals surface area contributed by atoms with Crippen LogP contribution in [0.15, 0.2) is 42.5 Å². The molecule has 0 radical (unpaired) electrons. The van der Waals surface area contributed by atoms with Gasteiger partial charge < -0.3 is 14.8 Å². The molecule has 0 saturated carbocycles. The molecule has 128 valence electrons. The van der Waals surface area contributed by atoms with Gasteiger partial charge in [-0.3, -0.25) is 4.79 Å². The molecular weight excluding hydrogens is 316 g/mol. The maximum absolute atomic E-state index is 13.6. The first-order chi connectivity index (χ1) is 11.3. The molecule has 0 heterocycles. The summed E-state index contributed by atoms with van der Waals surface area (Å²) in [4.78, 5) is 12.3. The molecule has 4 nitrogen and oxygen atoms in total. The molecule has 2 aromatic carbocycles. The van der Waals surface area contributed by atoms with Gasteiger partial charge in [0.05, 0.1) is 7.11 Å². The summed E-state index contributed by atoms with van der Waals surface area (Å²) in [5.74, 6) is -0.725. The molecule has 1 amide bonds. The molecular formula is C18H19F2NO3. The molecule has 0 aliphatic carbocycles. The lowest BCUT2D eigenvalue weighted by atomic mass is 10.1. The maximum atomic E-state index is 13.6. The summed E-state index contributed by atoms with van der Waals surface area (Å²) < 4.78 is 37.0. The van der Waals surface area contributed by atoms with Gasteiger partial charge in [0.1, 0.15) is 11.6 Å². The minimum Gasteiger partial charge on any atom is -0.494 e. The van der Waals surface area contributed by atoms with Gasteiger partial charge in [0, 0.05) is 6.54 Å². The van der Waals surface area contributed by atoms with Gasteiger partial charge in [0.15, 0.2) is 17.2 Å². The number of hydrogen-bond donors (Lipinski definition) is 1. The zero-order chi connectivity index (χ0) is 17.7. The van der Waals surface area contributed by atoms with E-state index >= 15 is 0 Å². The Kier molecular flexibility index (Phi) is 5.39. The predicted octanol–water partition coefficient (Wildman–Crippen LogP) is 3.45. The molecule has 6 heteroatoms. The third-order valence-corrected chi connectivity index (χ3v) is 3.40. The highest BCUT2D eigenvalue weighted by Crippen LogP contribution is 2.20. The summed E-state index contributed by atoms with van der Waals surface area (Å²) in [6, 6.07) is 9.86. The SMILES string of the molecule is COc1ccc(CNC(=O)C(C)(C)Oc2ccc(F)cc2)cc1F. The molecule has 0 unspecified atom stereocenters. The van der Waals surface area contributed by atoms with Crippen molar-refractivity contribution in [2.45, 2.75) is 26.0 Å². The lowest BCUT2D eigenvalue weighted by Crippen LogP contribution is -2.46. The Morgan fingerprint density at radius 1 is 1.12 bits per heavy atom. The lowest BCUT2D eigenvalue weighted by molar-refractivity contribution is -0.134. The van der Waals surface area contributed by atoms with Crippen LogP contribution in [0.5, 0.6) is 11.5 Å². The summed E-state index contributed by atoms with van der Waals surface area (Å²) >= 11 is 0. The van der Waals surface area contributed by atoms with Crippen molar-refractivity contribution >= 4 is 5.91 Å². The minimum atomic E-state index is -1.16. The number of amides is 1. The molecule has 0 atom stereocenters. The first-order valence-electron chi connectivity index (χ1n) is 7.37. The highest BCUT2D eigenvalue weighted by atomic mass is 19.1. The topological polar surface area (TPSA) is 47.6 Å². The fraction of sp³-hybridized carbons (Fsp3) is 0.278. The van der Waals surface area contributed by atoms with E-state index in [1.807, 2.05) is 0 Å². The van der Waals surface area contributed by atoms with Crippen LogP contribution in [-0.2, 0) is 11.3 Å². The van der Waals surface area contributed by atoms with Crippen LogP contribution in [0.1, 0.15) is 19.4 Å². The van der Waals surface area contributed by atoms with E-state index in [0.29, 0.717) is 11.3 Å². The van der Waals surface area contributed by atoms with Crippen molar-refractivity contribution in [2.75, 3.05) is 7.11 Å². The summed E-state index contributed by atoms with van der Waals surface area (Å²) in [7, 11) is 1.38. The van der Waals surface area contributed by atoms with E-state index in [9.17, 15) is 13.6 Å². The van der Waals surface area contributed by atoms with Crippen LogP contribution in [0.4, 0.5) is 8.78 Å². The van der Waals surface area contributed by atoms with E-state index in [4.69, 9.17) is 9.47 Å². The molecule has 0 aliphatic rings. The average molecular weight is 335 g/mol. The normalized spacial score (nSPS) is 11.0. The van der Waals surface area contributed by atoms with Crippen molar-refractivity contribution in [1.82, 2.24) is 5.32 Å². The summed E-state index contributed by atoms with van der Waals surface area (Å²) in [5.41, 5.74) is -0.567.